The Balaban J connectivity index is 2.19. The molecule has 0 aliphatic heterocycles. The molecule has 0 saturated heterocycles. The molecule has 94 valence electrons. The van der Waals surface area contributed by atoms with Gasteiger partial charge in [-0.1, -0.05) is 63.4 Å². The van der Waals surface area contributed by atoms with Gasteiger partial charge < -0.3 is 0 Å². The second kappa shape index (κ2) is 6.05. The predicted molar refractivity (Wildman–Crippen MR) is 78.2 cm³/mol. The Morgan fingerprint density at radius 3 is 2.44 bits per heavy atom. The van der Waals surface area contributed by atoms with Crippen molar-refractivity contribution in [1.29, 1.82) is 0 Å². The van der Waals surface area contributed by atoms with E-state index in [0.717, 1.165) is 16.1 Å². The molecular weight excluding hydrogens is 338 g/mol. The van der Waals surface area contributed by atoms with Crippen molar-refractivity contribution in [3.8, 4) is 0 Å². The van der Waals surface area contributed by atoms with Crippen molar-refractivity contribution in [2.45, 2.75) is 11.2 Å². The van der Waals surface area contributed by atoms with E-state index in [9.17, 15) is 4.39 Å². The number of rotatable bonds is 3. The van der Waals surface area contributed by atoms with E-state index in [1.54, 1.807) is 6.07 Å². The number of hydrogen-bond acceptors (Lipinski definition) is 0. The minimum atomic E-state index is -0.405. The van der Waals surface area contributed by atoms with Crippen LogP contribution in [-0.2, 0) is 6.42 Å². The summed E-state index contributed by atoms with van der Waals surface area (Å²) in [7, 11) is 0. The molecular formula is C14H10BrCl2F. The van der Waals surface area contributed by atoms with E-state index in [4.69, 9.17) is 23.2 Å². The quantitative estimate of drug-likeness (QED) is 0.614. The van der Waals surface area contributed by atoms with Gasteiger partial charge in [0.25, 0.3) is 0 Å². The summed E-state index contributed by atoms with van der Waals surface area (Å²) in [5.74, 6) is -0.405. The zero-order valence-corrected chi connectivity index (χ0v) is 12.4. The van der Waals surface area contributed by atoms with Crippen LogP contribution < -0.4 is 0 Å². The molecule has 0 N–H and O–H groups in total. The van der Waals surface area contributed by atoms with Gasteiger partial charge in [-0.3, -0.25) is 0 Å². The summed E-state index contributed by atoms with van der Waals surface area (Å²) in [6.07, 6.45) is 0.695. The number of benzene rings is 2. The van der Waals surface area contributed by atoms with Crippen molar-refractivity contribution in [3.05, 3.63) is 69.5 Å². The molecule has 0 saturated carbocycles. The molecule has 0 nitrogen and oxygen atoms in total. The molecule has 0 spiro atoms. The summed E-state index contributed by atoms with van der Waals surface area (Å²) < 4.78 is 13.4. The summed E-state index contributed by atoms with van der Waals surface area (Å²) in [5.41, 5.74) is 1.87. The molecule has 0 aliphatic carbocycles. The van der Waals surface area contributed by atoms with Crippen LogP contribution >= 0.6 is 39.1 Å². The Morgan fingerprint density at radius 2 is 1.78 bits per heavy atom. The molecule has 1 atom stereocenters. The van der Waals surface area contributed by atoms with Gasteiger partial charge in [-0.05, 0) is 35.7 Å². The Bertz CT molecular complexity index is 557. The van der Waals surface area contributed by atoms with E-state index in [1.807, 2.05) is 30.3 Å². The number of alkyl halides is 1. The summed E-state index contributed by atoms with van der Waals surface area (Å²) >= 11 is 15.3. The molecule has 2 rings (SSSR count). The Morgan fingerprint density at radius 1 is 1.06 bits per heavy atom. The van der Waals surface area contributed by atoms with Gasteiger partial charge in [0.2, 0.25) is 0 Å². The Labute approximate surface area is 124 Å². The fourth-order valence-electron chi connectivity index (χ4n) is 1.68. The van der Waals surface area contributed by atoms with E-state index in [2.05, 4.69) is 15.9 Å². The normalized spacial score (nSPS) is 12.4. The van der Waals surface area contributed by atoms with Gasteiger partial charge in [0.1, 0.15) is 5.82 Å². The van der Waals surface area contributed by atoms with E-state index in [-0.39, 0.29) is 9.85 Å². The lowest BCUT2D eigenvalue weighted by molar-refractivity contribution is 0.625. The van der Waals surface area contributed by atoms with Gasteiger partial charge in [-0.2, -0.15) is 0 Å². The van der Waals surface area contributed by atoms with Gasteiger partial charge in [0.15, 0.2) is 0 Å². The highest BCUT2D eigenvalue weighted by atomic mass is 79.9. The minimum absolute atomic E-state index is 0.00386. The molecule has 0 heterocycles. The van der Waals surface area contributed by atoms with E-state index in [1.165, 1.54) is 6.07 Å². The molecule has 0 fully saturated rings. The maximum absolute atomic E-state index is 13.4. The molecule has 0 amide bonds. The molecule has 18 heavy (non-hydrogen) atoms. The monoisotopic (exact) mass is 346 g/mol. The third-order valence-electron chi connectivity index (χ3n) is 2.66. The van der Waals surface area contributed by atoms with E-state index < -0.39 is 5.82 Å². The third kappa shape index (κ3) is 3.25. The second-order valence-electron chi connectivity index (χ2n) is 3.94. The van der Waals surface area contributed by atoms with Crippen LogP contribution in [0.1, 0.15) is 16.0 Å². The number of halogens is 4. The predicted octanol–water partition coefficient (Wildman–Crippen LogP) is 5.81. The molecule has 1 unspecified atom stereocenters. The molecule has 0 radical (unpaired) electrons. The van der Waals surface area contributed by atoms with Crippen molar-refractivity contribution in [1.82, 2.24) is 0 Å². The lowest BCUT2D eigenvalue weighted by atomic mass is 10.0. The van der Waals surface area contributed by atoms with Crippen molar-refractivity contribution in [2.24, 2.45) is 0 Å². The van der Waals surface area contributed by atoms with Crippen LogP contribution in [0.4, 0.5) is 4.39 Å². The third-order valence-corrected chi connectivity index (χ3v) is 4.19. The molecule has 2 aromatic carbocycles. The highest BCUT2D eigenvalue weighted by Gasteiger charge is 2.12. The van der Waals surface area contributed by atoms with Crippen LogP contribution in [-0.4, -0.2) is 0 Å². The van der Waals surface area contributed by atoms with Gasteiger partial charge in [0.05, 0.1) is 5.02 Å². The van der Waals surface area contributed by atoms with Crippen molar-refractivity contribution in [2.75, 3.05) is 0 Å². The minimum Gasteiger partial charge on any atom is -0.205 e. The van der Waals surface area contributed by atoms with Crippen LogP contribution in [0.5, 0.6) is 0 Å². The topological polar surface area (TPSA) is 0 Å². The highest BCUT2D eigenvalue weighted by molar-refractivity contribution is 9.09. The van der Waals surface area contributed by atoms with Crippen molar-refractivity contribution < 1.29 is 4.39 Å². The molecule has 2 aromatic rings. The zero-order chi connectivity index (χ0) is 13.1. The molecule has 4 heteroatoms. The first-order chi connectivity index (χ1) is 8.58. The average Bonchev–Trinajstić information content (AvgIpc) is 2.35. The Hall–Kier alpha value is -0.570. The summed E-state index contributed by atoms with van der Waals surface area (Å²) in [6.45, 7) is 0. The van der Waals surface area contributed by atoms with Crippen molar-refractivity contribution >= 4 is 39.1 Å². The SMILES string of the molecule is Fc1cc(C(Br)Cc2ccccc2Cl)ccc1Cl. The summed E-state index contributed by atoms with van der Waals surface area (Å²) in [4.78, 5) is 0.00386. The van der Waals surface area contributed by atoms with E-state index in [0.29, 0.717) is 6.42 Å². The van der Waals surface area contributed by atoms with Crippen LogP contribution in [0.3, 0.4) is 0 Å². The lowest BCUT2D eigenvalue weighted by Crippen LogP contribution is -1.97. The average molecular weight is 348 g/mol. The lowest BCUT2D eigenvalue weighted by Gasteiger charge is -2.12. The standard InChI is InChI=1S/C14H10BrCl2F/c15-11(7-10-3-1-2-4-12(10)16)9-5-6-13(17)14(18)8-9/h1-6,8,11H,7H2. The van der Waals surface area contributed by atoms with Gasteiger partial charge >= 0.3 is 0 Å². The zero-order valence-electron chi connectivity index (χ0n) is 9.34. The van der Waals surface area contributed by atoms with Crippen molar-refractivity contribution in [3.63, 3.8) is 0 Å². The first-order valence-corrected chi connectivity index (χ1v) is 7.07. The first kappa shape index (κ1) is 13.9. The highest BCUT2D eigenvalue weighted by Crippen LogP contribution is 2.31. The maximum Gasteiger partial charge on any atom is 0.142 e. The fourth-order valence-corrected chi connectivity index (χ4v) is 2.65. The maximum atomic E-state index is 13.4. The Kier molecular flexibility index (Phi) is 4.66. The van der Waals surface area contributed by atoms with Crippen LogP contribution in [0, 0.1) is 5.82 Å². The summed E-state index contributed by atoms with van der Waals surface area (Å²) in [5, 5.41) is 0.854. The van der Waals surface area contributed by atoms with Crippen LogP contribution in [0.2, 0.25) is 10.0 Å². The molecule has 0 aromatic heterocycles. The number of hydrogen-bond donors (Lipinski definition) is 0. The second-order valence-corrected chi connectivity index (χ2v) is 5.86. The van der Waals surface area contributed by atoms with E-state index >= 15 is 0 Å². The molecule has 0 bridgehead atoms. The van der Waals surface area contributed by atoms with Crippen LogP contribution in [0.15, 0.2) is 42.5 Å². The smallest absolute Gasteiger partial charge is 0.142 e. The van der Waals surface area contributed by atoms with Gasteiger partial charge in [-0.15, -0.1) is 0 Å². The largest absolute Gasteiger partial charge is 0.205 e. The van der Waals surface area contributed by atoms with Gasteiger partial charge in [0, 0.05) is 9.85 Å². The molecule has 0 aliphatic rings. The fraction of sp³-hybridized carbons (Fsp3) is 0.143. The van der Waals surface area contributed by atoms with Gasteiger partial charge in [-0.25, -0.2) is 4.39 Å². The summed E-state index contributed by atoms with van der Waals surface area (Å²) in [6, 6.07) is 12.4. The first-order valence-electron chi connectivity index (χ1n) is 5.40. The van der Waals surface area contributed by atoms with Crippen LogP contribution in [0.25, 0.3) is 0 Å².